The van der Waals surface area contributed by atoms with Gasteiger partial charge in [-0.25, -0.2) is 17.6 Å². The van der Waals surface area contributed by atoms with E-state index in [1.165, 1.54) is 18.2 Å². The zero-order valence-corrected chi connectivity index (χ0v) is 11.7. The minimum Gasteiger partial charge on any atom is -0.306 e. The summed E-state index contributed by atoms with van der Waals surface area (Å²) >= 11 is 0. The third-order valence-corrected chi connectivity index (χ3v) is 3.28. The van der Waals surface area contributed by atoms with Crippen molar-refractivity contribution in [2.75, 3.05) is 6.54 Å². The maximum atomic E-state index is 14.0. The summed E-state index contributed by atoms with van der Waals surface area (Å²) in [6.45, 7) is 3.88. The van der Waals surface area contributed by atoms with Crippen molar-refractivity contribution in [1.29, 1.82) is 0 Å². The van der Waals surface area contributed by atoms with Gasteiger partial charge in [0.2, 0.25) is 0 Å². The van der Waals surface area contributed by atoms with Gasteiger partial charge in [0, 0.05) is 17.7 Å². The van der Waals surface area contributed by atoms with E-state index in [2.05, 4.69) is 5.32 Å². The number of hydrogen-bond donors (Lipinski definition) is 1. The fourth-order valence-corrected chi connectivity index (χ4v) is 2.36. The van der Waals surface area contributed by atoms with Crippen LogP contribution in [0.3, 0.4) is 0 Å². The van der Waals surface area contributed by atoms with Gasteiger partial charge in [0.15, 0.2) is 0 Å². The molecule has 1 atom stereocenters. The highest BCUT2D eigenvalue weighted by Gasteiger charge is 2.23. The van der Waals surface area contributed by atoms with Crippen LogP contribution in [0.2, 0.25) is 0 Å². The number of rotatable bonds is 4. The predicted molar refractivity (Wildman–Crippen MR) is 73.0 cm³/mol. The minimum atomic E-state index is -0.972. The number of aryl methyl sites for hydroxylation is 1. The second kappa shape index (κ2) is 6.26. The molecule has 21 heavy (non-hydrogen) atoms. The molecule has 0 aliphatic carbocycles. The third-order valence-electron chi connectivity index (χ3n) is 3.28. The van der Waals surface area contributed by atoms with E-state index in [1.807, 2.05) is 0 Å². The van der Waals surface area contributed by atoms with E-state index in [4.69, 9.17) is 0 Å². The van der Waals surface area contributed by atoms with Crippen molar-refractivity contribution in [2.24, 2.45) is 0 Å². The van der Waals surface area contributed by atoms with E-state index in [0.717, 1.165) is 0 Å². The van der Waals surface area contributed by atoms with Crippen LogP contribution >= 0.6 is 0 Å². The fraction of sp³-hybridized carbons (Fsp3) is 0.250. The van der Waals surface area contributed by atoms with Gasteiger partial charge in [-0.2, -0.15) is 0 Å². The monoisotopic (exact) mass is 297 g/mol. The molecule has 1 nitrogen and oxygen atoms in total. The molecular formula is C16H15F4N. The zero-order chi connectivity index (χ0) is 15.6. The van der Waals surface area contributed by atoms with E-state index in [-0.39, 0.29) is 5.56 Å². The van der Waals surface area contributed by atoms with Crippen LogP contribution < -0.4 is 5.32 Å². The van der Waals surface area contributed by atoms with E-state index in [0.29, 0.717) is 29.8 Å². The van der Waals surface area contributed by atoms with Crippen molar-refractivity contribution >= 4 is 0 Å². The molecule has 0 saturated carbocycles. The Balaban J connectivity index is 2.59. The standard InChI is InChI=1S/C16H15F4N/c1-3-21-16(12-5-4-10(17)6-9(12)2)15-13(19)7-11(18)8-14(15)20/h4-8,16,21H,3H2,1-2H3. The molecule has 0 aromatic heterocycles. The van der Waals surface area contributed by atoms with Gasteiger partial charge in [0.05, 0.1) is 6.04 Å². The van der Waals surface area contributed by atoms with Gasteiger partial charge in [-0.15, -0.1) is 0 Å². The molecule has 2 aromatic rings. The first kappa shape index (κ1) is 15.5. The van der Waals surface area contributed by atoms with Crippen LogP contribution in [0.25, 0.3) is 0 Å². The highest BCUT2D eigenvalue weighted by atomic mass is 19.1. The van der Waals surface area contributed by atoms with Crippen LogP contribution in [0.4, 0.5) is 17.6 Å². The first-order valence-corrected chi connectivity index (χ1v) is 6.58. The number of hydrogen-bond acceptors (Lipinski definition) is 1. The Labute approximate surface area is 120 Å². The first-order valence-electron chi connectivity index (χ1n) is 6.58. The van der Waals surface area contributed by atoms with Crippen LogP contribution in [0, 0.1) is 30.2 Å². The highest BCUT2D eigenvalue weighted by Crippen LogP contribution is 2.30. The van der Waals surface area contributed by atoms with Crippen molar-refractivity contribution in [1.82, 2.24) is 5.32 Å². The van der Waals surface area contributed by atoms with Crippen molar-refractivity contribution < 1.29 is 17.6 Å². The molecule has 1 N–H and O–H groups in total. The molecule has 0 aliphatic rings. The molecule has 0 bridgehead atoms. The van der Waals surface area contributed by atoms with Crippen molar-refractivity contribution in [3.63, 3.8) is 0 Å². The smallest absolute Gasteiger partial charge is 0.134 e. The molecule has 5 heteroatoms. The molecule has 2 rings (SSSR count). The summed E-state index contributed by atoms with van der Waals surface area (Å²) in [5.41, 5.74) is 0.833. The quantitative estimate of drug-likeness (QED) is 0.832. The van der Waals surface area contributed by atoms with Crippen molar-refractivity contribution in [2.45, 2.75) is 19.9 Å². The van der Waals surface area contributed by atoms with Crippen LogP contribution in [0.1, 0.15) is 29.7 Å². The van der Waals surface area contributed by atoms with Gasteiger partial charge in [0.1, 0.15) is 23.3 Å². The van der Waals surface area contributed by atoms with E-state index in [1.54, 1.807) is 13.8 Å². The molecule has 112 valence electrons. The maximum absolute atomic E-state index is 14.0. The summed E-state index contributed by atoms with van der Waals surface area (Å²) in [5.74, 6) is -3.34. The van der Waals surface area contributed by atoms with Gasteiger partial charge in [0.25, 0.3) is 0 Å². The lowest BCUT2D eigenvalue weighted by atomic mass is 9.94. The Morgan fingerprint density at radius 2 is 1.57 bits per heavy atom. The number of nitrogens with one attached hydrogen (secondary N) is 1. The van der Waals surface area contributed by atoms with Gasteiger partial charge >= 0.3 is 0 Å². The van der Waals surface area contributed by atoms with E-state index in [9.17, 15) is 17.6 Å². The average Bonchev–Trinajstić information content (AvgIpc) is 2.37. The van der Waals surface area contributed by atoms with E-state index >= 15 is 0 Å². The molecule has 0 amide bonds. The van der Waals surface area contributed by atoms with Gasteiger partial charge in [-0.1, -0.05) is 13.0 Å². The van der Waals surface area contributed by atoms with Crippen LogP contribution in [-0.2, 0) is 0 Å². The minimum absolute atomic E-state index is 0.270. The van der Waals surface area contributed by atoms with Gasteiger partial charge in [-0.3, -0.25) is 0 Å². The molecule has 0 spiro atoms. The van der Waals surface area contributed by atoms with Gasteiger partial charge in [-0.05, 0) is 36.7 Å². The Morgan fingerprint density at radius 1 is 0.952 bits per heavy atom. The Morgan fingerprint density at radius 3 is 2.10 bits per heavy atom. The average molecular weight is 297 g/mol. The Bertz CT molecular complexity index is 632. The van der Waals surface area contributed by atoms with Crippen LogP contribution in [0.5, 0.6) is 0 Å². The van der Waals surface area contributed by atoms with Crippen molar-refractivity contribution in [3.8, 4) is 0 Å². The maximum Gasteiger partial charge on any atom is 0.134 e. The second-order valence-corrected chi connectivity index (χ2v) is 4.77. The molecule has 0 fully saturated rings. The number of benzene rings is 2. The SMILES string of the molecule is CCNC(c1ccc(F)cc1C)c1c(F)cc(F)cc1F. The molecule has 1 unspecified atom stereocenters. The summed E-state index contributed by atoms with van der Waals surface area (Å²) in [4.78, 5) is 0. The third kappa shape index (κ3) is 3.24. The van der Waals surface area contributed by atoms with Crippen LogP contribution in [-0.4, -0.2) is 6.54 Å². The zero-order valence-electron chi connectivity index (χ0n) is 11.7. The van der Waals surface area contributed by atoms with E-state index < -0.39 is 29.3 Å². The second-order valence-electron chi connectivity index (χ2n) is 4.77. The normalized spacial score (nSPS) is 12.5. The first-order chi connectivity index (χ1) is 9.93. The summed E-state index contributed by atoms with van der Waals surface area (Å²) in [6.07, 6.45) is 0. The number of halogens is 4. The fourth-order valence-electron chi connectivity index (χ4n) is 2.36. The molecule has 0 saturated heterocycles. The summed E-state index contributed by atoms with van der Waals surface area (Å²) < 4.78 is 54.2. The van der Waals surface area contributed by atoms with Crippen molar-refractivity contribution in [3.05, 3.63) is 70.3 Å². The predicted octanol–water partition coefficient (Wildman–Crippen LogP) is 4.25. The highest BCUT2D eigenvalue weighted by molar-refractivity contribution is 5.38. The lowest BCUT2D eigenvalue weighted by Crippen LogP contribution is -2.25. The molecule has 0 heterocycles. The lowest BCUT2D eigenvalue weighted by Gasteiger charge is -2.22. The van der Waals surface area contributed by atoms with Gasteiger partial charge < -0.3 is 5.32 Å². The summed E-state index contributed by atoms with van der Waals surface area (Å²) in [5, 5.41) is 2.95. The Hall–Kier alpha value is -1.88. The molecular weight excluding hydrogens is 282 g/mol. The molecule has 0 aliphatic heterocycles. The van der Waals surface area contributed by atoms with Crippen LogP contribution in [0.15, 0.2) is 30.3 Å². The summed E-state index contributed by atoms with van der Waals surface area (Å²) in [6, 6.07) is 4.46. The molecule has 2 aromatic carbocycles. The lowest BCUT2D eigenvalue weighted by molar-refractivity contribution is 0.491. The molecule has 0 radical (unpaired) electrons. The topological polar surface area (TPSA) is 12.0 Å². The summed E-state index contributed by atoms with van der Waals surface area (Å²) in [7, 11) is 0. The Kier molecular flexibility index (Phi) is 4.63. The largest absolute Gasteiger partial charge is 0.306 e.